The van der Waals surface area contributed by atoms with E-state index in [2.05, 4.69) is 38.3 Å². The Balaban J connectivity index is 2.03. The van der Waals surface area contributed by atoms with Crippen molar-refractivity contribution < 1.29 is 24.2 Å². The van der Waals surface area contributed by atoms with Crippen LogP contribution in [-0.4, -0.2) is 30.8 Å². The van der Waals surface area contributed by atoms with Crippen LogP contribution in [0.25, 0.3) is 11.1 Å². The molecule has 0 aliphatic heterocycles. The van der Waals surface area contributed by atoms with E-state index in [0.717, 1.165) is 24.0 Å². The summed E-state index contributed by atoms with van der Waals surface area (Å²) in [5.74, 6) is 0.373. The van der Waals surface area contributed by atoms with Gasteiger partial charge in [0.1, 0.15) is 17.1 Å². The maximum Gasteiger partial charge on any atom is 0.339 e. The van der Waals surface area contributed by atoms with Gasteiger partial charge in [-0.05, 0) is 53.3 Å². The standard InChI is InChI=1S/C29H34N2O5/c1-6-7-16-30-28(34)31-23-18-20(19-12-14-24(35-5)21(17-19)27(32)33)13-15-26(23)36-25-11-9-8-10-22(25)29(2,3)4/h8-15,17-18H,6-7,16H2,1-5H3,(H,32,33)(H2,30,31,34). The average molecular weight is 491 g/mol. The van der Waals surface area contributed by atoms with Crippen LogP contribution >= 0.6 is 0 Å². The van der Waals surface area contributed by atoms with Crippen LogP contribution in [0.2, 0.25) is 0 Å². The molecule has 0 spiro atoms. The Labute approximate surface area is 212 Å². The number of anilines is 1. The van der Waals surface area contributed by atoms with Gasteiger partial charge in [-0.1, -0.05) is 64.4 Å². The fourth-order valence-corrected chi connectivity index (χ4v) is 3.79. The number of amides is 2. The molecule has 0 fully saturated rings. The lowest BCUT2D eigenvalue weighted by Crippen LogP contribution is -2.29. The SMILES string of the molecule is CCCCNC(=O)Nc1cc(-c2ccc(OC)c(C(=O)O)c2)ccc1Oc1ccccc1C(C)(C)C. The first-order chi connectivity index (χ1) is 17.1. The fraction of sp³-hybridized carbons (Fsp3) is 0.310. The quantitative estimate of drug-likeness (QED) is 0.279. The first kappa shape index (κ1) is 26.6. The lowest BCUT2D eigenvalue weighted by atomic mass is 9.86. The highest BCUT2D eigenvalue weighted by molar-refractivity contribution is 5.94. The largest absolute Gasteiger partial charge is 0.496 e. The molecular weight excluding hydrogens is 456 g/mol. The summed E-state index contributed by atoms with van der Waals surface area (Å²) in [5, 5.41) is 15.3. The molecule has 0 bridgehead atoms. The van der Waals surface area contributed by atoms with Crippen molar-refractivity contribution in [3.63, 3.8) is 0 Å². The van der Waals surface area contributed by atoms with Crippen molar-refractivity contribution in [1.82, 2.24) is 5.32 Å². The van der Waals surface area contributed by atoms with Gasteiger partial charge in [0.05, 0.1) is 12.8 Å². The van der Waals surface area contributed by atoms with Crippen molar-refractivity contribution in [2.24, 2.45) is 0 Å². The number of rotatable bonds is 9. The zero-order valence-corrected chi connectivity index (χ0v) is 21.5. The number of carboxylic acid groups (broad SMARTS) is 1. The molecular formula is C29H34N2O5. The highest BCUT2D eigenvalue weighted by atomic mass is 16.5. The lowest BCUT2D eigenvalue weighted by molar-refractivity contribution is 0.0693. The first-order valence-corrected chi connectivity index (χ1v) is 12.0. The van der Waals surface area contributed by atoms with Crippen molar-refractivity contribution in [2.75, 3.05) is 19.0 Å². The Morgan fingerprint density at radius 2 is 1.58 bits per heavy atom. The summed E-state index contributed by atoms with van der Waals surface area (Å²) in [4.78, 5) is 24.3. The number of carboxylic acids is 1. The van der Waals surface area contributed by atoms with Gasteiger partial charge in [0, 0.05) is 12.1 Å². The van der Waals surface area contributed by atoms with Crippen LogP contribution in [0.3, 0.4) is 0 Å². The maximum atomic E-state index is 12.6. The van der Waals surface area contributed by atoms with E-state index in [1.807, 2.05) is 30.3 Å². The van der Waals surface area contributed by atoms with E-state index < -0.39 is 5.97 Å². The minimum Gasteiger partial charge on any atom is -0.496 e. The molecule has 0 aliphatic carbocycles. The lowest BCUT2D eigenvalue weighted by Gasteiger charge is -2.23. The van der Waals surface area contributed by atoms with E-state index in [9.17, 15) is 14.7 Å². The monoisotopic (exact) mass is 490 g/mol. The van der Waals surface area contributed by atoms with E-state index in [1.165, 1.54) is 7.11 Å². The van der Waals surface area contributed by atoms with Gasteiger partial charge in [0.25, 0.3) is 0 Å². The molecule has 3 aromatic carbocycles. The molecule has 3 aromatic rings. The molecule has 0 saturated carbocycles. The van der Waals surface area contributed by atoms with Crippen LogP contribution in [0, 0.1) is 0 Å². The van der Waals surface area contributed by atoms with Crippen LogP contribution in [0.1, 0.15) is 56.5 Å². The molecule has 2 amide bonds. The van der Waals surface area contributed by atoms with Gasteiger partial charge in [0.2, 0.25) is 0 Å². The topological polar surface area (TPSA) is 96.9 Å². The van der Waals surface area contributed by atoms with Crippen LogP contribution in [0.5, 0.6) is 17.2 Å². The number of para-hydroxylation sites is 1. The number of aromatic carboxylic acids is 1. The van der Waals surface area contributed by atoms with Crippen molar-refractivity contribution in [3.05, 3.63) is 71.8 Å². The molecule has 0 radical (unpaired) electrons. The molecule has 0 heterocycles. The number of ether oxygens (including phenoxy) is 2. The van der Waals surface area contributed by atoms with Crippen LogP contribution < -0.4 is 20.1 Å². The third-order valence-electron chi connectivity index (χ3n) is 5.72. The Bertz CT molecular complexity index is 1230. The van der Waals surface area contributed by atoms with Gasteiger partial charge in [-0.15, -0.1) is 0 Å². The number of hydrogen-bond acceptors (Lipinski definition) is 4. The van der Waals surface area contributed by atoms with Crippen molar-refractivity contribution >= 4 is 17.7 Å². The third-order valence-corrected chi connectivity index (χ3v) is 5.72. The molecule has 7 heteroatoms. The van der Waals surface area contributed by atoms with E-state index in [1.54, 1.807) is 30.3 Å². The van der Waals surface area contributed by atoms with Gasteiger partial charge < -0.3 is 25.2 Å². The second kappa shape index (κ2) is 11.6. The number of carbonyl (C=O) groups excluding carboxylic acids is 1. The van der Waals surface area contributed by atoms with Gasteiger partial charge in [-0.25, -0.2) is 9.59 Å². The number of unbranched alkanes of at least 4 members (excludes halogenated alkanes) is 1. The average Bonchev–Trinajstić information content (AvgIpc) is 2.84. The molecule has 7 nitrogen and oxygen atoms in total. The Morgan fingerprint density at radius 3 is 2.22 bits per heavy atom. The first-order valence-electron chi connectivity index (χ1n) is 12.0. The van der Waals surface area contributed by atoms with Crippen LogP contribution in [-0.2, 0) is 5.41 Å². The van der Waals surface area contributed by atoms with Gasteiger partial charge in [-0.2, -0.15) is 0 Å². The highest BCUT2D eigenvalue weighted by Crippen LogP contribution is 2.39. The molecule has 36 heavy (non-hydrogen) atoms. The Morgan fingerprint density at radius 1 is 0.917 bits per heavy atom. The summed E-state index contributed by atoms with van der Waals surface area (Å²) in [6.45, 7) is 8.96. The molecule has 0 aliphatic rings. The number of benzene rings is 3. The summed E-state index contributed by atoms with van der Waals surface area (Å²) in [6, 6.07) is 17.8. The molecule has 3 N–H and O–H groups in total. The van der Waals surface area contributed by atoms with Crippen molar-refractivity contribution in [3.8, 4) is 28.4 Å². The molecule has 0 saturated heterocycles. The van der Waals surface area contributed by atoms with Crippen LogP contribution in [0.15, 0.2) is 60.7 Å². The van der Waals surface area contributed by atoms with Crippen LogP contribution in [0.4, 0.5) is 10.5 Å². The number of carbonyl (C=O) groups is 2. The summed E-state index contributed by atoms with van der Waals surface area (Å²) in [7, 11) is 1.43. The van der Waals surface area contributed by atoms with E-state index >= 15 is 0 Å². The minimum absolute atomic E-state index is 0.0567. The minimum atomic E-state index is -1.08. The Kier molecular flexibility index (Phi) is 8.59. The number of urea groups is 1. The van der Waals surface area contributed by atoms with Crippen molar-refractivity contribution in [2.45, 2.75) is 46.0 Å². The summed E-state index contributed by atoms with van der Waals surface area (Å²) >= 11 is 0. The smallest absolute Gasteiger partial charge is 0.339 e. The van der Waals surface area contributed by atoms with E-state index in [4.69, 9.17) is 9.47 Å². The maximum absolute atomic E-state index is 12.6. The molecule has 190 valence electrons. The van der Waals surface area contributed by atoms with Gasteiger partial charge >= 0.3 is 12.0 Å². The number of nitrogens with one attached hydrogen (secondary N) is 2. The molecule has 0 unspecified atom stereocenters. The van der Waals surface area contributed by atoms with E-state index in [0.29, 0.717) is 29.3 Å². The van der Waals surface area contributed by atoms with Gasteiger partial charge in [0.15, 0.2) is 5.75 Å². The zero-order valence-electron chi connectivity index (χ0n) is 21.5. The normalized spacial score (nSPS) is 11.0. The second-order valence-corrected chi connectivity index (χ2v) is 9.51. The summed E-state index contributed by atoms with van der Waals surface area (Å²) < 4.78 is 11.5. The Hall–Kier alpha value is -4.00. The number of hydrogen-bond donors (Lipinski definition) is 3. The predicted molar refractivity (Wildman–Crippen MR) is 143 cm³/mol. The summed E-state index contributed by atoms with van der Waals surface area (Å²) in [5.41, 5.74) is 2.82. The molecule has 3 rings (SSSR count). The highest BCUT2D eigenvalue weighted by Gasteiger charge is 2.20. The number of methoxy groups -OCH3 is 1. The zero-order chi connectivity index (χ0) is 26.3. The molecule has 0 atom stereocenters. The third kappa shape index (κ3) is 6.56. The molecule has 0 aromatic heterocycles. The second-order valence-electron chi connectivity index (χ2n) is 9.51. The predicted octanol–water partition coefficient (Wildman–Crippen LogP) is 7.07. The summed E-state index contributed by atoms with van der Waals surface area (Å²) in [6.07, 6.45) is 1.84. The van der Waals surface area contributed by atoms with Gasteiger partial charge in [-0.3, -0.25) is 0 Å². The van der Waals surface area contributed by atoms with E-state index in [-0.39, 0.29) is 22.8 Å². The van der Waals surface area contributed by atoms with Crippen molar-refractivity contribution in [1.29, 1.82) is 0 Å². The fourth-order valence-electron chi connectivity index (χ4n) is 3.79.